The third kappa shape index (κ3) is 2.68. The van der Waals surface area contributed by atoms with Crippen LogP contribution in [0.2, 0.25) is 0 Å². The summed E-state index contributed by atoms with van der Waals surface area (Å²) >= 11 is 0. The molecule has 22 heavy (non-hydrogen) atoms. The van der Waals surface area contributed by atoms with E-state index in [0.717, 1.165) is 17.4 Å². The quantitative estimate of drug-likeness (QED) is 0.677. The molecule has 0 aliphatic heterocycles. The number of carbonyl (C=O) groups is 1. The summed E-state index contributed by atoms with van der Waals surface area (Å²) in [6.07, 6.45) is 9.59. The molecule has 1 aromatic rings. The highest BCUT2D eigenvalue weighted by atomic mass is 16.7. The Morgan fingerprint density at radius 1 is 1.09 bits per heavy atom. The van der Waals surface area contributed by atoms with Crippen molar-refractivity contribution >= 4 is 12.0 Å². The number of nitrogens with one attached hydrogen (secondary N) is 1. The van der Waals surface area contributed by atoms with E-state index in [9.17, 15) is 4.79 Å². The van der Waals surface area contributed by atoms with Crippen molar-refractivity contribution in [2.75, 3.05) is 0 Å². The topological polar surface area (TPSA) is 38.3 Å². The highest BCUT2D eigenvalue weighted by Crippen LogP contribution is 2.52. The molecule has 0 aromatic heterocycles. The molecular formula is C19H21NO2. The number of hydrogen-bond donors (Lipinski definition) is 1. The zero-order chi connectivity index (χ0) is 14.9. The molecule has 1 N–H and O–H groups in total. The molecule has 0 heterocycles. The number of hydrogen-bond acceptors (Lipinski definition) is 3. The van der Waals surface area contributed by atoms with Crippen molar-refractivity contribution in [1.82, 2.24) is 5.48 Å². The monoisotopic (exact) mass is 295 g/mol. The van der Waals surface area contributed by atoms with Gasteiger partial charge in [0.15, 0.2) is 0 Å². The second-order valence-corrected chi connectivity index (χ2v) is 6.83. The van der Waals surface area contributed by atoms with Crippen LogP contribution in [0.3, 0.4) is 0 Å². The largest absolute Gasteiger partial charge is 0.355 e. The first kappa shape index (κ1) is 13.6. The zero-order valence-corrected chi connectivity index (χ0v) is 12.6. The minimum atomic E-state index is -0.342. The maximum absolute atomic E-state index is 11.9. The van der Waals surface area contributed by atoms with Crippen LogP contribution < -0.4 is 5.48 Å². The summed E-state index contributed by atoms with van der Waals surface area (Å²) in [5.74, 6) is 2.01. The molecule has 3 nitrogen and oxygen atoms in total. The lowest BCUT2D eigenvalue weighted by atomic mass is 9.60. The van der Waals surface area contributed by atoms with E-state index in [0.29, 0.717) is 5.92 Å². The second kappa shape index (κ2) is 5.64. The molecule has 0 radical (unpaired) electrons. The summed E-state index contributed by atoms with van der Waals surface area (Å²) in [6, 6.07) is 9.77. The third-order valence-corrected chi connectivity index (χ3v) is 5.23. The van der Waals surface area contributed by atoms with Crippen LogP contribution in [0.25, 0.3) is 6.08 Å². The van der Waals surface area contributed by atoms with Crippen molar-refractivity contribution in [3.8, 4) is 0 Å². The number of hydroxylamine groups is 1. The van der Waals surface area contributed by atoms with E-state index >= 15 is 0 Å². The molecule has 0 saturated heterocycles. The van der Waals surface area contributed by atoms with Gasteiger partial charge in [-0.05, 0) is 61.2 Å². The average Bonchev–Trinajstić information content (AvgIpc) is 2.52. The van der Waals surface area contributed by atoms with Crippen molar-refractivity contribution in [2.45, 2.75) is 32.1 Å². The van der Waals surface area contributed by atoms with Crippen molar-refractivity contribution in [1.29, 1.82) is 0 Å². The average molecular weight is 295 g/mol. The summed E-state index contributed by atoms with van der Waals surface area (Å²) in [6.45, 7) is 0. The third-order valence-electron chi connectivity index (χ3n) is 5.23. The SMILES string of the molecule is O=C(C=Cc1ccccc1)ONC1=C2CC3CC(C2)CC1C3. The lowest BCUT2D eigenvalue weighted by Gasteiger charge is -2.47. The summed E-state index contributed by atoms with van der Waals surface area (Å²) in [4.78, 5) is 17.1. The summed E-state index contributed by atoms with van der Waals surface area (Å²) in [7, 11) is 0. The molecule has 0 spiro atoms. The van der Waals surface area contributed by atoms with Gasteiger partial charge in [0.2, 0.25) is 0 Å². The first-order valence-corrected chi connectivity index (χ1v) is 8.20. The molecular weight excluding hydrogens is 274 g/mol. The minimum absolute atomic E-state index is 0.342. The Bertz CT molecular complexity index is 616. The molecule has 1 aromatic carbocycles. The van der Waals surface area contributed by atoms with Gasteiger partial charge in [-0.2, -0.15) is 0 Å². The van der Waals surface area contributed by atoms with E-state index in [1.165, 1.54) is 49.5 Å². The van der Waals surface area contributed by atoms with E-state index in [1.54, 1.807) is 6.08 Å². The second-order valence-electron chi connectivity index (χ2n) is 6.83. The van der Waals surface area contributed by atoms with Gasteiger partial charge >= 0.3 is 5.97 Å². The maximum Gasteiger partial charge on any atom is 0.355 e. The van der Waals surface area contributed by atoms with E-state index < -0.39 is 0 Å². The summed E-state index contributed by atoms with van der Waals surface area (Å²) in [5.41, 5.74) is 6.68. The Morgan fingerprint density at radius 3 is 2.50 bits per heavy atom. The van der Waals surface area contributed by atoms with E-state index in [2.05, 4.69) is 5.48 Å². The molecule has 4 aliphatic rings. The Morgan fingerprint density at radius 2 is 1.82 bits per heavy atom. The van der Waals surface area contributed by atoms with Gasteiger partial charge < -0.3 is 4.84 Å². The van der Waals surface area contributed by atoms with Crippen LogP contribution >= 0.6 is 0 Å². The number of benzene rings is 1. The number of allylic oxidation sites excluding steroid dienone is 2. The normalized spacial score (nSPS) is 29.2. The van der Waals surface area contributed by atoms with Gasteiger partial charge in [-0.1, -0.05) is 30.3 Å². The maximum atomic E-state index is 11.9. The fourth-order valence-corrected chi connectivity index (χ4v) is 4.45. The van der Waals surface area contributed by atoms with Crippen molar-refractivity contribution in [2.24, 2.45) is 17.8 Å². The predicted octanol–water partition coefficient (Wildman–Crippen LogP) is 3.84. The lowest BCUT2D eigenvalue weighted by molar-refractivity contribution is -0.144. The highest BCUT2D eigenvalue weighted by Gasteiger charge is 2.42. The smallest absolute Gasteiger partial charge is 0.339 e. The minimum Gasteiger partial charge on any atom is -0.339 e. The number of carbonyl (C=O) groups excluding carboxylic acids is 1. The Labute approximate surface area is 131 Å². The van der Waals surface area contributed by atoms with Crippen LogP contribution in [0.1, 0.15) is 37.7 Å². The van der Waals surface area contributed by atoms with Crippen LogP contribution in [0, 0.1) is 17.8 Å². The van der Waals surface area contributed by atoms with Crippen LogP contribution in [0.5, 0.6) is 0 Å². The first-order valence-electron chi connectivity index (χ1n) is 8.20. The van der Waals surface area contributed by atoms with E-state index in [-0.39, 0.29) is 5.97 Å². The van der Waals surface area contributed by atoms with Crippen LogP contribution in [0.15, 0.2) is 47.7 Å². The van der Waals surface area contributed by atoms with Gasteiger partial charge in [-0.25, -0.2) is 10.3 Å². The fourth-order valence-electron chi connectivity index (χ4n) is 4.45. The molecule has 5 rings (SSSR count). The molecule has 2 fully saturated rings. The van der Waals surface area contributed by atoms with Gasteiger partial charge in [-0.15, -0.1) is 0 Å². The van der Waals surface area contributed by atoms with Crippen molar-refractivity contribution in [3.63, 3.8) is 0 Å². The molecule has 2 unspecified atom stereocenters. The highest BCUT2D eigenvalue weighted by molar-refractivity contribution is 5.86. The van der Waals surface area contributed by atoms with Gasteiger partial charge in [0, 0.05) is 12.0 Å². The molecule has 4 bridgehead atoms. The Kier molecular flexibility index (Phi) is 3.49. The fraction of sp³-hybridized carbons (Fsp3) is 0.421. The van der Waals surface area contributed by atoms with Gasteiger partial charge in [0.1, 0.15) is 0 Å². The van der Waals surface area contributed by atoms with Crippen LogP contribution in [-0.4, -0.2) is 5.97 Å². The molecule has 2 saturated carbocycles. The van der Waals surface area contributed by atoms with Gasteiger partial charge in [0.25, 0.3) is 0 Å². The summed E-state index contributed by atoms with van der Waals surface area (Å²) < 4.78 is 0. The van der Waals surface area contributed by atoms with Crippen LogP contribution in [0.4, 0.5) is 0 Å². The van der Waals surface area contributed by atoms with E-state index in [1.807, 2.05) is 30.3 Å². The predicted molar refractivity (Wildman–Crippen MR) is 85.3 cm³/mol. The molecule has 3 heteroatoms. The molecule has 2 atom stereocenters. The van der Waals surface area contributed by atoms with Gasteiger partial charge in [0.05, 0.1) is 5.70 Å². The number of rotatable bonds is 4. The standard InChI is InChI=1S/C19H21NO2/c21-18(7-6-13-4-2-1-3-5-13)22-20-19-16-9-14-8-15(11-16)12-17(19)10-14/h1-7,14-16,20H,8-12H2. The van der Waals surface area contributed by atoms with Crippen LogP contribution in [-0.2, 0) is 9.63 Å². The Balaban J connectivity index is 1.37. The van der Waals surface area contributed by atoms with Crippen molar-refractivity contribution in [3.05, 3.63) is 53.2 Å². The zero-order valence-electron chi connectivity index (χ0n) is 12.6. The molecule has 0 amide bonds. The Hall–Kier alpha value is -2.03. The molecule has 114 valence electrons. The molecule has 4 aliphatic carbocycles. The van der Waals surface area contributed by atoms with Gasteiger partial charge in [-0.3, -0.25) is 0 Å². The first-order chi connectivity index (χ1) is 10.8. The van der Waals surface area contributed by atoms with Crippen molar-refractivity contribution < 1.29 is 9.63 Å². The summed E-state index contributed by atoms with van der Waals surface area (Å²) in [5, 5.41) is 0. The van der Waals surface area contributed by atoms with E-state index in [4.69, 9.17) is 4.84 Å². The lowest BCUT2D eigenvalue weighted by Crippen LogP contribution is -2.39.